The lowest BCUT2D eigenvalue weighted by molar-refractivity contribution is -0.119. The largest absolute Gasteiger partial charge is 0.368 e. The summed E-state index contributed by atoms with van der Waals surface area (Å²) >= 11 is 0. The molecular formula is C12H24N4O2. The first-order chi connectivity index (χ1) is 8.60. The predicted molar refractivity (Wildman–Crippen MR) is 70.1 cm³/mol. The summed E-state index contributed by atoms with van der Waals surface area (Å²) in [4.78, 5) is 26.9. The SMILES string of the molecule is CCN(CC)C(=O)N(CC(N)=O)C1CCNCC1. The van der Waals surface area contributed by atoms with Crippen LogP contribution in [0.15, 0.2) is 0 Å². The number of hydrogen-bond donors (Lipinski definition) is 2. The van der Waals surface area contributed by atoms with Gasteiger partial charge < -0.3 is 20.9 Å². The normalized spacial score (nSPS) is 16.3. The van der Waals surface area contributed by atoms with Gasteiger partial charge in [-0.3, -0.25) is 4.79 Å². The minimum absolute atomic E-state index is 0.0139. The van der Waals surface area contributed by atoms with Crippen molar-refractivity contribution in [3.63, 3.8) is 0 Å². The second-order valence-electron chi connectivity index (χ2n) is 4.53. The van der Waals surface area contributed by atoms with Crippen LogP contribution in [0.2, 0.25) is 0 Å². The fourth-order valence-corrected chi connectivity index (χ4v) is 2.31. The van der Waals surface area contributed by atoms with Crippen molar-refractivity contribution in [1.82, 2.24) is 15.1 Å². The number of carbonyl (C=O) groups excluding carboxylic acids is 2. The van der Waals surface area contributed by atoms with Crippen molar-refractivity contribution in [1.29, 1.82) is 0 Å². The summed E-state index contributed by atoms with van der Waals surface area (Å²) in [5.74, 6) is -0.450. The molecule has 0 radical (unpaired) electrons. The zero-order valence-corrected chi connectivity index (χ0v) is 11.3. The summed E-state index contributed by atoms with van der Waals surface area (Å²) in [7, 11) is 0. The van der Waals surface area contributed by atoms with E-state index in [1.807, 2.05) is 13.8 Å². The van der Waals surface area contributed by atoms with Crippen LogP contribution in [0.4, 0.5) is 4.79 Å². The average molecular weight is 256 g/mol. The fourth-order valence-electron chi connectivity index (χ4n) is 2.31. The third-order valence-corrected chi connectivity index (χ3v) is 3.36. The molecule has 3 N–H and O–H groups in total. The van der Waals surface area contributed by atoms with Crippen LogP contribution < -0.4 is 11.1 Å². The first-order valence-electron chi connectivity index (χ1n) is 6.64. The summed E-state index contributed by atoms with van der Waals surface area (Å²) in [5.41, 5.74) is 5.25. The Bertz CT molecular complexity index is 286. The number of urea groups is 1. The van der Waals surface area contributed by atoms with Crippen LogP contribution in [0, 0.1) is 0 Å². The van der Waals surface area contributed by atoms with E-state index in [0.717, 1.165) is 25.9 Å². The monoisotopic (exact) mass is 256 g/mol. The van der Waals surface area contributed by atoms with Gasteiger partial charge in [0.2, 0.25) is 5.91 Å². The Morgan fingerprint density at radius 3 is 2.22 bits per heavy atom. The van der Waals surface area contributed by atoms with Gasteiger partial charge in [0.15, 0.2) is 0 Å². The number of nitrogens with zero attached hydrogens (tertiary/aromatic N) is 2. The van der Waals surface area contributed by atoms with Crippen molar-refractivity contribution in [2.75, 3.05) is 32.7 Å². The molecule has 0 atom stereocenters. The highest BCUT2D eigenvalue weighted by atomic mass is 16.2. The molecule has 6 nitrogen and oxygen atoms in total. The van der Waals surface area contributed by atoms with E-state index >= 15 is 0 Å². The molecule has 0 aromatic rings. The van der Waals surface area contributed by atoms with Crippen molar-refractivity contribution in [3.8, 4) is 0 Å². The van der Waals surface area contributed by atoms with Crippen LogP contribution in [-0.2, 0) is 4.79 Å². The number of nitrogens with one attached hydrogen (secondary N) is 1. The summed E-state index contributed by atoms with van der Waals surface area (Å²) < 4.78 is 0. The molecule has 0 aromatic carbocycles. The Labute approximate surface area is 108 Å². The molecule has 0 unspecified atom stereocenters. The molecule has 0 bridgehead atoms. The molecule has 1 aliphatic rings. The third-order valence-electron chi connectivity index (χ3n) is 3.36. The maximum absolute atomic E-state index is 12.4. The van der Waals surface area contributed by atoms with E-state index < -0.39 is 5.91 Å². The molecule has 1 saturated heterocycles. The second-order valence-corrected chi connectivity index (χ2v) is 4.53. The van der Waals surface area contributed by atoms with Crippen LogP contribution in [-0.4, -0.2) is 60.5 Å². The number of nitrogens with two attached hydrogens (primary N) is 1. The molecule has 18 heavy (non-hydrogen) atoms. The topological polar surface area (TPSA) is 78.7 Å². The highest BCUT2D eigenvalue weighted by Gasteiger charge is 2.28. The molecule has 6 heteroatoms. The minimum Gasteiger partial charge on any atom is -0.368 e. The van der Waals surface area contributed by atoms with Gasteiger partial charge in [0.25, 0.3) is 0 Å². The van der Waals surface area contributed by atoms with E-state index in [1.54, 1.807) is 9.80 Å². The summed E-state index contributed by atoms with van der Waals surface area (Å²) in [6, 6.07) is 0.0394. The van der Waals surface area contributed by atoms with E-state index in [9.17, 15) is 9.59 Å². The van der Waals surface area contributed by atoms with Crippen LogP contribution in [0.3, 0.4) is 0 Å². The Morgan fingerprint density at radius 1 is 1.22 bits per heavy atom. The Hall–Kier alpha value is -1.30. The molecule has 1 aliphatic heterocycles. The highest BCUT2D eigenvalue weighted by molar-refractivity contribution is 5.83. The molecule has 3 amide bonds. The number of rotatable bonds is 5. The van der Waals surface area contributed by atoms with Crippen molar-refractivity contribution < 1.29 is 9.59 Å². The van der Waals surface area contributed by atoms with E-state index in [0.29, 0.717) is 13.1 Å². The number of carbonyl (C=O) groups is 2. The molecule has 1 heterocycles. The lowest BCUT2D eigenvalue weighted by atomic mass is 10.1. The highest BCUT2D eigenvalue weighted by Crippen LogP contribution is 2.14. The number of piperidine rings is 1. The minimum atomic E-state index is -0.450. The van der Waals surface area contributed by atoms with E-state index in [2.05, 4.69) is 5.32 Å². The standard InChI is InChI=1S/C12H24N4O2/c1-3-15(4-2)12(18)16(9-11(13)17)10-5-7-14-8-6-10/h10,14H,3-9H2,1-2H3,(H2,13,17). The smallest absolute Gasteiger partial charge is 0.320 e. The molecular weight excluding hydrogens is 232 g/mol. The maximum atomic E-state index is 12.4. The van der Waals surface area contributed by atoms with Gasteiger partial charge >= 0.3 is 6.03 Å². The quantitative estimate of drug-likeness (QED) is 0.726. The molecule has 1 fully saturated rings. The number of primary amides is 1. The average Bonchev–Trinajstić information content (AvgIpc) is 2.38. The van der Waals surface area contributed by atoms with Gasteiger partial charge in [0.05, 0.1) is 0 Å². The summed E-state index contributed by atoms with van der Waals surface area (Å²) in [6.45, 7) is 6.95. The lowest BCUT2D eigenvalue weighted by Gasteiger charge is -2.36. The molecule has 0 saturated carbocycles. The number of amides is 3. The van der Waals surface area contributed by atoms with Gasteiger partial charge in [-0.1, -0.05) is 0 Å². The lowest BCUT2D eigenvalue weighted by Crippen LogP contribution is -2.53. The predicted octanol–water partition coefficient (Wildman–Crippen LogP) is -0.0125. The fraction of sp³-hybridized carbons (Fsp3) is 0.833. The zero-order chi connectivity index (χ0) is 13.5. The Kier molecular flexibility index (Phi) is 5.91. The Balaban J connectivity index is 2.75. The first kappa shape index (κ1) is 14.8. The maximum Gasteiger partial charge on any atom is 0.320 e. The van der Waals surface area contributed by atoms with Crippen LogP contribution in [0.1, 0.15) is 26.7 Å². The van der Waals surface area contributed by atoms with Gasteiger partial charge in [-0.15, -0.1) is 0 Å². The van der Waals surface area contributed by atoms with Crippen molar-refractivity contribution >= 4 is 11.9 Å². The number of hydrogen-bond acceptors (Lipinski definition) is 3. The molecule has 0 aliphatic carbocycles. The van der Waals surface area contributed by atoms with E-state index in [4.69, 9.17) is 5.73 Å². The first-order valence-corrected chi connectivity index (χ1v) is 6.64. The van der Waals surface area contributed by atoms with Crippen LogP contribution in [0.25, 0.3) is 0 Å². The third kappa shape index (κ3) is 3.87. The second kappa shape index (κ2) is 7.20. The molecule has 1 rings (SSSR count). The molecule has 0 aromatic heterocycles. The van der Waals surface area contributed by atoms with E-state index in [1.165, 1.54) is 0 Å². The van der Waals surface area contributed by atoms with Gasteiger partial charge in [-0.2, -0.15) is 0 Å². The van der Waals surface area contributed by atoms with Gasteiger partial charge in [-0.25, -0.2) is 4.79 Å². The molecule has 104 valence electrons. The van der Waals surface area contributed by atoms with E-state index in [-0.39, 0.29) is 18.6 Å². The summed E-state index contributed by atoms with van der Waals surface area (Å²) in [5, 5.41) is 3.25. The Morgan fingerprint density at radius 2 is 1.78 bits per heavy atom. The molecule has 0 spiro atoms. The van der Waals surface area contributed by atoms with Crippen LogP contribution >= 0.6 is 0 Å². The summed E-state index contributed by atoms with van der Waals surface area (Å²) in [6.07, 6.45) is 1.75. The van der Waals surface area contributed by atoms with Crippen molar-refractivity contribution in [2.24, 2.45) is 5.73 Å². The van der Waals surface area contributed by atoms with Crippen LogP contribution in [0.5, 0.6) is 0 Å². The zero-order valence-electron chi connectivity index (χ0n) is 11.3. The van der Waals surface area contributed by atoms with Gasteiger partial charge in [-0.05, 0) is 39.8 Å². The van der Waals surface area contributed by atoms with Gasteiger partial charge in [0.1, 0.15) is 6.54 Å². The van der Waals surface area contributed by atoms with Gasteiger partial charge in [0, 0.05) is 19.1 Å². The van der Waals surface area contributed by atoms with Crippen molar-refractivity contribution in [2.45, 2.75) is 32.7 Å². The van der Waals surface area contributed by atoms with Crippen molar-refractivity contribution in [3.05, 3.63) is 0 Å².